The second-order valence-corrected chi connectivity index (χ2v) is 5.80. The number of aromatic nitrogens is 2. The Labute approximate surface area is 108 Å². The summed E-state index contributed by atoms with van der Waals surface area (Å²) in [6, 6.07) is 6.72. The maximum absolute atomic E-state index is 4.26. The Kier molecular flexibility index (Phi) is 2.44. The molecule has 1 N–H and O–H groups in total. The van der Waals surface area contributed by atoms with E-state index in [0.717, 1.165) is 18.8 Å². The smallest absolute Gasteiger partial charge is 0.0952 e. The van der Waals surface area contributed by atoms with E-state index >= 15 is 0 Å². The summed E-state index contributed by atoms with van der Waals surface area (Å²) in [6.07, 6.45) is 3.97. The molecule has 0 fully saturated rings. The van der Waals surface area contributed by atoms with E-state index in [0.29, 0.717) is 0 Å². The van der Waals surface area contributed by atoms with Crippen LogP contribution in [0, 0.1) is 6.92 Å². The van der Waals surface area contributed by atoms with Crippen LogP contribution in [0.2, 0.25) is 0 Å². The summed E-state index contributed by atoms with van der Waals surface area (Å²) in [5, 5.41) is 3.47. The van der Waals surface area contributed by atoms with E-state index in [-0.39, 0.29) is 5.41 Å². The molecule has 0 aliphatic carbocycles. The molecule has 0 unspecified atom stereocenters. The molecule has 0 bridgehead atoms. The van der Waals surface area contributed by atoms with Gasteiger partial charge in [0, 0.05) is 30.4 Å². The standard InChI is InChI=1S/C15H19N3/c1-11-7-18(10-17-11)8-12-4-5-14-13(6-12)15(2,3)9-16-14/h4-7,10,16H,8-9H2,1-3H3. The second-order valence-electron chi connectivity index (χ2n) is 5.80. The first-order chi connectivity index (χ1) is 8.54. The van der Waals surface area contributed by atoms with Crippen LogP contribution in [0.3, 0.4) is 0 Å². The van der Waals surface area contributed by atoms with Gasteiger partial charge >= 0.3 is 0 Å². The van der Waals surface area contributed by atoms with Crippen molar-refractivity contribution >= 4 is 5.69 Å². The quantitative estimate of drug-likeness (QED) is 0.876. The Balaban J connectivity index is 1.91. The highest BCUT2D eigenvalue weighted by Gasteiger charge is 2.29. The lowest BCUT2D eigenvalue weighted by Gasteiger charge is -2.17. The average Bonchev–Trinajstić information content (AvgIpc) is 2.85. The van der Waals surface area contributed by atoms with Crippen LogP contribution >= 0.6 is 0 Å². The van der Waals surface area contributed by atoms with E-state index in [4.69, 9.17) is 0 Å². The molecule has 0 amide bonds. The van der Waals surface area contributed by atoms with Gasteiger partial charge in [0.15, 0.2) is 0 Å². The second kappa shape index (κ2) is 3.87. The Morgan fingerprint density at radius 3 is 2.94 bits per heavy atom. The first-order valence-corrected chi connectivity index (χ1v) is 6.40. The number of nitrogens with one attached hydrogen (secondary N) is 1. The van der Waals surface area contributed by atoms with Crippen molar-refractivity contribution in [2.24, 2.45) is 0 Å². The highest BCUT2D eigenvalue weighted by Crippen LogP contribution is 2.36. The van der Waals surface area contributed by atoms with E-state index in [9.17, 15) is 0 Å². The zero-order valence-corrected chi connectivity index (χ0v) is 11.2. The minimum Gasteiger partial charge on any atom is -0.384 e. The molecule has 0 saturated carbocycles. The number of hydrogen-bond donors (Lipinski definition) is 1. The van der Waals surface area contributed by atoms with E-state index in [2.05, 4.69) is 53.1 Å². The van der Waals surface area contributed by atoms with Gasteiger partial charge in [-0.05, 0) is 24.1 Å². The van der Waals surface area contributed by atoms with Crippen molar-refractivity contribution in [3.05, 3.63) is 47.5 Å². The van der Waals surface area contributed by atoms with Gasteiger partial charge in [-0.15, -0.1) is 0 Å². The highest BCUT2D eigenvalue weighted by molar-refractivity contribution is 5.60. The number of nitrogens with zero attached hydrogens (tertiary/aromatic N) is 2. The number of imidazole rings is 1. The molecule has 1 aliphatic heterocycles. The molecule has 2 heterocycles. The zero-order valence-electron chi connectivity index (χ0n) is 11.2. The molecule has 0 radical (unpaired) electrons. The predicted octanol–water partition coefficient (Wildman–Crippen LogP) is 2.94. The number of aryl methyl sites for hydroxylation is 1. The van der Waals surface area contributed by atoms with Gasteiger partial charge in [-0.1, -0.05) is 26.0 Å². The summed E-state index contributed by atoms with van der Waals surface area (Å²) >= 11 is 0. The minimum absolute atomic E-state index is 0.232. The summed E-state index contributed by atoms with van der Waals surface area (Å²) in [4.78, 5) is 4.26. The van der Waals surface area contributed by atoms with Crippen LogP contribution in [-0.4, -0.2) is 16.1 Å². The normalized spacial score (nSPS) is 16.4. The molecule has 3 heteroatoms. The first kappa shape index (κ1) is 11.3. The Hall–Kier alpha value is -1.77. The lowest BCUT2D eigenvalue weighted by Crippen LogP contribution is -2.19. The largest absolute Gasteiger partial charge is 0.384 e. The molecule has 0 atom stereocenters. The average molecular weight is 241 g/mol. The molecule has 94 valence electrons. The first-order valence-electron chi connectivity index (χ1n) is 6.40. The maximum atomic E-state index is 4.26. The molecule has 18 heavy (non-hydrogen) atoms. The van der Waals surface area contributed by atoms with Crippen LogP contribution in [0.4, 0.5) is 5.69 Å². The van der Waals surface area contributed by atoms with Crippen LogP contribution in [0.1, 0.15) is 30.7 Å². The minimum atomic E-state index is 0.232. The maximum Gasteiger partial charge on any atom is 0.0952 e. The number of anilines is 1. The fourth-order valence-corrected chi connectivity index (χ4v) is 2.58. The molecule has 1 aliphatic rings. The molecule has 1 aromatic heterocycles. The van der Waals surface area contributed by atoms with Gasteiger partial charge in [-0.25, -0.2) is 4.98 Å². The van der Waals surface area contributed by atoms with Crippen LogP contribution in [0.5, 0.6) is 0 Å². The van der Waals surface area contributed by atoms with Crippen molar-refractivity contribution in [3.63, 3.8) is 0 Å². The lowest BCUT2D eigenvalue weighted by atomic mass is 9.86. The topological polar surface area (TPSA) is 29.9 Å². The number of fused-ring (bicyclic) bond motifs is 1. The zero-order chi connectivity index (χ0) is 12.8. The molecular formula is C15H19N3. The van der Waals surface area contributed by atoms with Gasteiger partial charge in [0.2, 0.25) is 0 Å². The fraction of sp³-hybridized carbons (Fsp3) is 0.400. The van der Waals surface area contributed by atoms with Gasteiger partial charge in [-0.3, -0.25) is 0 Å². The molecule has 0 saturated heterocycles. The van der Waals surface area contributed by atoms with Crippen molar-refractivity contribution in [2.45, 2.75) is 32.7 Å². The van der Waals surface area contributed by atoms with Crippen molar-refractivity contribution in [1.29, 1.82) is 0 Å². The summed E-state index contributed by atoms with van der Waals surface area (Å²) in [5.41, 5.74) is 5.35. The Morgan fingerprint density at radius 1 is 1.39 bits per heavy atom. The van der Waals surface area contributed by atoms with Gasteiger partial charge in [0.1, 0.15) is 0 Å². The van der Waals surface area contributed by atoms with Crippen molar-refractivity contribution in [1.82, 2.24) is 9.55 Å². The molecule has 3 nitrogen and oxygen atoms in total. The van der Waals surface area contributed by atoms with Gasteiger partial charge in [-0.2, -0.15) is 0 Å². The third-order valence-electron chi connectivity index (χ3n) is 3.66. The van der Waals surface area contributed by atoms with Gasteiger partial charge in [0.05, 0.1) is 12.0 Å². The van der Waals surface area contributed by atoms with Crippen molar-refractivity contribution in [2.75, 3.05) is 11.9 Å². The van der Waals surface area contributed by atoms with E-state index in [1.807, 2.05) is 13.3 Å². The molecular weight excluding hydrogens is 222 g/mol. The molecule has 3 rings (SSSR count). The van der Waals surface area contributed by atoms with Crippen LogP contribution in [0.15, 0.2) is 30.7 Å². The molecule has 1 aromatic carbocycles. The summed E-state index contributed by atoms with van der Waals surface area (Å²) in [5.74, 6) is 0. The predicted molar refractivity (Wildman–Crippen MR) is 74.0 cm³/mol. The van der Waals surface area contributed by atoms with Gasteiger partial charge < -0.3 is 9.88 Å². The van der Waals surface area contributed by atoms with Crippen molar-refractivity contribution < 1.29 is 0 Å². The van der Waals surface area contributed by atoms with Crippen LogP contribution in [-0.2, 0) is 12.0 Å². The van der Waals surface area contributed by atoms with Crippen LogP contribution < -0.4 is 5.32 Å². The Bertz CT molecular complexity index is 581. The fourth-order valence-electron chi connectivity index (χ4n) is 2.58. The lowest BCUT2D eigenvalue weighted by molar-refractivity contribution is 0.585. The molecule has 2 aromatic rings. The number of benzene rings is 1. The third-order valence-corrected chi connectivity index (χ3v) is 3.66. The van der Waals surface area contributed by atoms with Gasteiger partial charge in [0.25, 0.3) is 0 Å². The van der Waals surface area contributed by atoms with E-state index < -0.39 is 0 Å². The third kappa shape index (κ3) is 1.90. The summed E-state index contributed by atoms with van der Waals surface area (Å²) < 4.78 is 2.13. The Morgan fingerprint density at radius 2 is 2.22 bits per heavy atom. The monoisotopic (exact) mass is 241 g/mol. The highest BCUT2D eigenvalue weighted by atomic mass is 15.0. The number of hydrogen-bond acceptors (Lipinski definition) is 2. The molecule has 0 spiro atoms. The van der Waals surface area contributed by atoms with E-state index in [1.165, 1.54) is 16.8 Å². The SMILES string of the molecule is Cc1cn(Cc2ccc3c(c2)C(C)(C)CN3)cn1. The van der Waals surface area contributed by atoms with Crippen LogP contribution in [0.25, 0.3) is 0 Å². The van der Waals surface area contributed by atoms with Crippen molar-refractivity contribution in [3.8, 4) is 0 Å². The summed E-state index contributed by atoms with van der Waals surface area (Å²) in [6.45, 7) is 8.51. The van der Waals surface area contributed by atoms with E-state index in [1.54, 1.807) is 0 Å². The summed E-state index contributed by atoms with van der Waals surface area (Å²) in [7, 11) is 0. The number of rotatable bonds is 2.